The van der Waals surface area contributed by atoms with E-state index in [1.807, 2.05) is 0 Å². The number of carbonyl (C=O) groups is 2. The summed E-state index contributed by atoms with van der Waals surface area (Å²) in [6.45, 7) is 0. The van der Waals surface area contributed by atoms with E-state index in [1.54, 1.807) is 7.05 Å². The van der Waals surface area contributed by atoms with Gasteiger partial charge in [0, 0.05) is 19.9 Å². The van der Waals surface area contributed by atoms with Crippen molar-refractivity contribution in [2.24, 2.45) is 0 Å². The fraction of sp³-hybridized carbons (Fsp3) is 0.600. The van der Waals surface area contributed by atoms with Crippen molar-refractivity contribution in [3.05, 3.63) is 0 Å². The molecule has 1 atom stereocenters. The number of nitrogens with zero attached hydrogens (tertiary/aromatic N) is 1. The Morgan fingerprint density at radius 1 is 1.79 bits per heavy atom. The summed E-state index contributed by atoms with van der Waals surface area (Å²) in [5, 5.41) is 0. The van der Waals surface area contributed by atoms with Gasteiger partial charge >= 0.3 is 5.97 Å². The van der Waals surface area contributed by atoms with Gasteiger partial charge in [-0.15, -0.1) is 12.3 Å². The molecule has 0 spiro atoms. The SMILES string of the molecule is C#CCC1(C(=O)OC)CCC(=O)N1C. The first-order valence-corrected chi connectivity index (χ1v) is 4.37. The summed E-state index contributed by atoms with van der Waals surface area (Å²) in [5.74, 6) is 1.93. The zero-order valence-electron chi connectivity index (χ0n) is 8.37. The minimum Gasteiger partial charge on any atom is -0.467 e. The predicted molar refractivity (Wildman–Crippen MR) is 50.2 cm³/mol. The molecule has 1 aliphatic heterocycles. The van der Waals surface area contributed by atoms with Crippen LogP contribution in [0.2, 0.25) is 0 Å². The molecule has 4 nitrogen and oxygen atoms in total. The molecule has 1 saturated heterocycles. The molecule has 1 amide bonds. The Labute approximate surface area is 83.2 Å². The van der Waals surface area contributed by atoms with E-state index in [1.165, 1.54) is 12.0 Å². The normalized spacial score (nSPS) is 26.1. The van der Waals surface area contributed by atoms with Gasteiger partial charge in [-0.25, -0.2) is 4.79 Å². The second-order valence-corrected chi connectivity index (χ2v) is 3.36. The van der Waals surface area contributed by atoms with E-state index < -0.39 is 11.5 Å². The first-order valence-electron chi connectivity index (χ1n) is 4.37. The summed E-state index contributed by atoms with van der Waals surface area (Å²) in [7, 11) is 2.89. The van der Waals surface area contributed by atoms with E-state index in [2.05, 4.69) is 10.7 Å². The average Bonchev–Trinajstić information content (AvgIpc) is 2.47. The number of likely N-dealkylation sites (N-methyl/N-ethyl adjacent to an activating group) is 1. The minimum absolute atomic E-state index is 0.0642. The van der Waals surface area contributed by atoms with E-state index in [9.17, 15) is 9.59 Å². The third-order valence-electron chi connectivity index (χ3n) is 2.73. The number of rotatable bonds is 2. The zero-order valence-corrected chi connectivity index (χ0v) is 8.37. The highest BCUT2D eigenvalue weighted by molar-refractivity contribution is 5.91. The highest BCUT2D eigenvalue weighted by Crippen LogP contribution is 2.32. The van der Waals surface area contributed by atoms with Crippen molar-refractivity contribution in [2.75, 3.05) is 14.2 Å². The lowest BCUT2D eigenvalue weighted by Gasteiger charge is -2.31. The molecule has 0 saturated carbocycles. The topological polar surface area (TPSA) is 46.6 Å². The lowest BCUT2D eigenvalue weighted by molar-refractivity contribution is -0.155. The maximum Gasteiger partial charge on any atom is 0.332 e. The number of likely N-dealkylation sites (tertiary alicyclic amines) is 1. The Morgan fingerprint density at radius 2 is 2.43 bits per heavy atom. The van der Waals surface area contributed by atoms with Crippen molar-refractivity contribution < 1.29 is 14.3 Å². The van der Waals surface area contributed by atoms with Crippen molar-refractivity contribution in [1.82, 2.24) is 4.90 Å². The fourth-order valence-electron chi connectivity index (χ4n) is 1.76. The molecule has 0 aromatic heterocycles. The van der Waals surface area contributed by atoms with Crippen LogP contribution in [-0.2, 0) is 14.3 Å². The molecule has 0 bridgehead atoms. The smallest absolute Gasteiger partial charge is 0.332 e. The van der Waals surface area contributed by atoms with Crippen LogP contribution in [0, 0.1) is 12.3 Å². The van der Waals surface area contributed by atoms with Crippen molar-refractivity contribution in [3.63, 3.8) is 0 Å². The monoisotopic (exact) mass is 195 g/mol. The van der Waals surface area contributed by atoms with Crippen LogP contribution in [0.25, 0.3) is 0 Å². The van der Waals surface area contributed by atoms with Gasteiger partial charge < -0.3 is 9.64 Å². The maximum atomic E-state index is 11.6. The maximum absolute atomic E-state index is 11.6. The number of methoxy groups -OCH3 is 1. The summed E-state index contributed by atoms with van der Waals surface area (Å²) in [6.07, 6.45) is 6.21. The van der Waals surface area contributed by atoms with Crippen LogP contribution in [0.15, 0.2) is 0 Å². The van der Waals surface area contributed by atoms with E-state index >= 15 is 0 Å². The quantitative estimate of drug-likeness (QED) is 0.466. The molecule has 1 heterocycles. The van der Waals surface area contributed by atoms with E-state index in [-0.39, 0.29) is 12.3 Å². The molecule has 0 N–H and O–H groups in total. The van der Waals surface area contributed by atoms with Gasteiger partial charge in [0.2, 0.25) is 5.91 Å². The number of hydrogen-bond donors (Lipinski definition) is 0. The Balaban J connectivity index is 3.00. The van der Waals surface area contributed by atoms with Crippen molar-refractivity contribution in [1.29, 1.82) is 0 Å². The number of esters is 1. The van der Waals surface area contributed by atoms with Gasteiger partial charge in [0.25, 0.3) is 0 Å². The molecule has 0 aromatic rings. The first kappa shape index (κ1) is 10.6. The second kappa shape index (κ2) is 3.70. The van der Waals surface area contributed by atoms with Gasteiger partial charge in [-0.05, 0) is 6.42 Å². The second-order valence-electron chi connectivity index (χ2n) is 3.36. The van der Waals surface area contributed by atoms with Crippen molar-refractivity contribution >= 4 is 11.9 Å². The molecule has 4 heteroatoms. The number of carbonyl (C=O) groups excluding carboxylic acids is 2. The first-order chi connectivity index (χ1) is 6.58. The van der Waals surface area contributed by atoms with E-state index in [0.717, 1.165) is 0 Å². The van der Waals surface area contributed by atoms with Crippen LogP contribution >= 0.6 is 0 Å². The number of terminal acetylenes is 1. The molecule has 1 rings (SSSR count). The van der Waals surface area contributed by atoms with Gasteiger partial charge in [-0.2, -0.15) is 0 Å². The molecule has 1 aliphatic rings. The third-order valence-corrected chi connectivity index (χ3v) is 2.73. The van der Waals surface area contributed by atoms with Crippen molar-refractivity contribution in [3.8, 4) is 12.3 Å². The highest BCUT2D eigenvalue weighted by Gasteiger charge is 2.49. The third kappa shape index (κ3) is 1.35. The Morgan fingerprint density at radius 3 is 2.79 bits per heavy atom. The lowest BCUT2D eigenvalue weighted by atomic mass is 9.93. The van der Waals surface area contributed by atoms with Crippen LogP contribution in [0.4, 0.5) is 0 Å². The van der Waals surface area contributed by atoms with Crippen LogP contribution in [0.3, 0.4) is 0 Å². The van der Waals surface area contributed by atoms with Crippen molar-refractivity contribution in [2.45, 2.75) is 24.8 Å². The van der Waals surface area contributed by atoms with Crippen LogP contribution in [0.5, 0.6) is 0 Å². The van der Waals surface area contributed by atoms with Crippen LogP contribution in [-0.4, -0.2) is 36.5 Å². The largest absolute Gasteiger partial charge is 0.467 e. The summed E-state index contributed by atoms with van der Waals surface area (Å²) in [4.78, 5) is 24.3. The molecule has 0 aliphatic carbocycles. The summed E-state index contributed by atoms with van der Waals surface area (Å²) in [5.41, 5.74) is -0.930. The highest BCUT2D eigenvalue weighted by atomic mass is 16.5. The average molecular weight is 195 g/mol. The number of hydrogen-bond acceptors (Lipinski definition) is 3. The molecular weight excluding hydrogens is 182 g/mol. The predicted octanol–water partition coefficient (Wildman–Crippen LogP) is 0.174. The Bertz CT molecular complexity index is 305. The van der Waals surface area contributed by atoms with E-state index in [4.69, 9.17) is 6.42 Å². The Kier molecular flexibility index (Phi) is 2.80. The summed E-state index contributed by atoms with van der Waals surface area (Å²) in [6, 6.07) is 0. The standard InChI is InChI=1S/C10H13NO3/c1-4-6-10(9(13)14-3)7-5-8(12)11(10)2/h1H,5-7H2,2-3H3. The summed E-state index contributed by atoms with van der Waals surface area (Å²) < 4.78 is 4.68. The van der Waals surface area contributed by atoms with Crippen LogP contribution < -0.4 is 0 Å². The molecule has 0 aromatic carbocycles. The van der Waals surface area contributed by atoms with Crippen LogP contribution in [0.1, 0.15) is 19.3 Å². The molecule has 14 heavy (non-hydrogen) atoms. The lowest BCUT2D eigenvalue weighted by Crippen LogP contribution is -2.50. The molecular formula is C10H13NO3. The number of ether oxygens (including phenoxy) is 1. The van der Waals surface area contributed by atoms with Gasteiger partial charge in [0.05, 0.1) is 7.11 Å². The summed E-state index contributed by atoms with van der Waals surface area (Å²) >= 11 is 0. The van der Waals surface area contributed by atoms with Gasteiger partial charge in [0.1, 0.15) is 0 Å². The fourth-order valence-corrected chi connectivity index (χ4v) is 1.76. The Hall–Kier alpha value is -1.50. The number of amides is 1. The van der Waals surface area contributed by atoms with Gasteiger partial charge in [-0.3, -0.25) is 4.79 Å². The molecule has 76 valence electrons. The minimum atomic E-state index is -0.930. The molecule has 0 radical (unpaired) electrons. The molecule has 1 fully saturated rings. The van der Waals surface area contributed by atoms with E-state index in [0.29, 0.717) is 12.8 Å². The molecule has 1 unspecified atom stereocenters. The van der Waals surface area contributed by atoms with Gasteiger partial charge in [-0.1, -0.05) is 0 Å². The van der Waals surface area contributed by atoms with Gasteiger partial charge in [0.15, 0.2) is 5.54 Å². The zero-order chi connectivity index (χ0) is 10.8.